The molecule has 0 fully saturated rings. The van der Waals surface area contributed by atoms with E-state index >= 15 is 0 Å². The summed E-state index contributed by atoms with van der Waals surface area (Å²) in [5.74, 6) is 0. The van der Waals surface area contributed by atoms with Crippen LogP contribution in [0.5, 0.6) is 0 Å². The molecular formula is C12H17F3N2O2S. The van der Waals surface area contributed by atoms with Crippen LogP contribution in [0, 0.1) is 0 Å². The first-order chi connectivity index (χ1) is 9.08. The SMILES string of the molecule is CCc1ccc(N)cc1S(=O)(=O)N(C)CCC(F)(F)F. The monoisotopic (exact) mass is 310 g/mol. The van der Waals surface area contributed by atoms with Crippen LogP contribution in [0.25, 0.3) is 0 Å². The molecule has 0 aliphatic heterocycles. The molecule has 0 radical (unpaired) electrons. The van der Waals surface area contributed by atoms with Crippen LogP contribution in [0.4, 0.5) is 18.9 Å². The summed E-state index contributed by atoms with van der Waals surface area (Å²) >= 11 is 0. The zero-order chi connectivity index (χ0) is 15.6. The Bertz CT molecular complexity index is 571. The fourth-order valence-corrected chi connectivity index (χ4v) is 3.17. The van der Waals surface area contributed by atoms with Gasteiger partial charge in [0.05, 0.1) is 11.3 Å². The number of halogens is 3. The van der Waals surface area contributed by atoms with Crippen molar-refractivity contribution in [3.63, 3.8) is 0 Å². The number of nitrogen functional groups attached to an aromatic ring is 1. The minimum Gasteiger partial charge on any atom is -0.399 e. The Morgan fingerprint density at radius 2 is 1.90 bits per heavy atom. The number of nitrogens with zero attached hydrogens (tertiary/aromatic N) is 1. The number of alkyl halides is 3. The second kappa shape index (κ2) is 6.01. The van der Waals surface area contributed by atoms with Crippen molar-refractivity contribution in [2.45, 2.75) is 30.8 Å². The number of rotatable bonds is 5. The van der Waals surface area contributed by atoms with Crippen LogP contribution in [0.1, 0.15) is 18.9 Å². The van der Waals surface area contributed by atoms with E-state index in [1.807, 2.05) is 0 Å². The molecule has 0 saturated heterocycles. The first-order valence-electron chi connectivity index (χ1n) is 5.99. The van der Waals surface area contributed by atoms with Crippen LogP contribution >= 0.6 is 0 Å². The number of hydrogen-bond acceptors (Lipinski definition) is 3. The summed E-state index contributed by atoms with van der Waals surface area (Å²) in [5, 5.41) is 0. The lowest BCUT2D eigenvalue weighted by molar-refractivity contribution is -0.135. The number of nitrogens with two attached hydrogens (primary N) is 1. The lowest BCUT2D eigenvalue weighted by Crippen LogP contribution is -2.31. The smallest absolute Gasteiger partial charge is 0.390 e. The summed E-state index contributed by atoms with van der Waals surface area (Å²) < 4.78 is 61.8. The van der Waals surface area contributed by atoms with E-state index in [9.17, 15) is 21.6 Å². The predicted molar refractivity (Wildman–Crippen MR) is 70.7 cm³/mol. The second-order valence-electron chi connectivity index (χ2n) is 4.41. The maximum atomic E-state index is 12.3. The van der Waals surface area contributed by atoms with Crippen molar-refractivity contribution in [2.75, 3.05) is 19.3 Å². The molecular weight excluding hydrogens is 293 g/mol. The van der Waals surface area contributed by atoms with Gasteiger partial charge in [0.15, 0.2) is 0 Å². The Labute approximate surface area is 116 Å². The van der Waals surface area contributed by atoms with E-state index < -0.39 is 29.2 Å². The Kier molecular flexibility index (Phi) is 5.04. The van der Waals surface area contributed by atoms with Crippen LogP contribution in [-0.2, 0) is 16.4 Å². The van der Waals surface area contributed by atoms with Crippen LogP contribution in [0.2, 0.25) is 0 Å². The number of anilines is 1. The molecule has 0 spiro atoms. The van der Waals surface area contributed by atoms with Gasteiger partial charge in [-0.1, -0.05) is 13.0 Å². The highest BCUT2D eigenvalue weighted by molar-refractivity contribution is 7.89. The second-order valence-corrected chi connectivity index (χ2v) is 6.43. The molecule has 0 bridgehead atoms. The van der Waals surface area contributed by atoms with Gasteiger partial charge in [0.25, 0.3) is 0 Å². The average molecular weight is 310 g/mol. The molecule has 0 aliphatic rings. The van der Waals surface area contributed by atoms with E-state index in [0.29, 0.717) is 16.3 Å². The van der Waals surface area contributed by atoms with E-state index in [1.54, 1.807) is 19.1 Å². The Hall–Kier alpha value is -1.28. The van der Waals surface area contributed by atoms with Crippen molar-refractivity contribution < 1.29 is 21.6 Å². The maximum Gasteiger partial charge on any atom is 0.390 e. The third-order valence-corrected chi connectivity index (χ3v) is 4.81. The molecule has 1 aromatic rings. The summed E-state index contributed by atoms with van der Waals surface area (Å²) in [4.78, 5) is -0.0373. The van der Waals surface area contributed by atoms with E-state index in [4.69, 9.17) is 5.73 Å². The van der Waals surface area contributed by atoms with Crippen molar-refractivity contribution >= 4 is 15.7 Å². The molecule has 0 atom stereocenters. The Balaban J connectivity index is 3.07. The number of hydrogen-bond donors (Lipinski definition) is 1. The van der Waals surface area contributed by atoms with Crippen LogP contribution in [-0.4, -0.2) is 32.5 Å². The first kappa shape index (κ1) is 16.8. The van der Waals surface area contributed by atoms with Gasteiger partial charge in [0.2, 0.25) is 10.0 Å². The molecule has 0 aliphatic carbocycles. The van der Waals surface area contributed by atoms with Gasteiger partial charge in [-0.25, -0.2) is 12.7 Å². The third-order valence-electron chi connectivity index (χ3n) is 2.87. The lowest BCUT2D eigenvalue weighted by atomic mass is 10.1. The lowest BCUT2D eigenvalue weighted by Gasteiger charge is -2.20. The van der Waals surface area contributed by atoms with Crippen LogP contribution in [0.3, 0.4) is 0 Å². The molecule has 2 N–H and O–H groups in total. The quantitative estimate of drug-likeness (QED) is 0.849. The van der Waals surface area contributed by atoms with Gasteiger partial charge >= 0.3 is 6.18 Å². The molecule has 0 heterocycles. The van der Waals surface area contributed by atoms with Crippen molar-refractivity contribution in [2.24, 2.45) is 0 Å². The highest BCUT2D eigenvalue weighted by Gasteiger charge is 2.31. The number of sulfonamides is 1. The van der Waals surface area contributed by atoms with Gasteiger partial charge in [0.1, 0.15) is 0 Å². The molecule has 0 saturated carbocycles. The predicted octanol–water partition coefficient (Wildman–Crippen LogP) is 2.40. The Morgan fingerprint density at radius 3 is 2.40 bits per heavy atom. The van der Waals surface area contributed by atoms with E-state index in [1.165, 1.54) is 6.07 Å². The van der Waals surface area contributed by atoms with Gasteiger partial charge in [-0.05, 0) is 24.1 Å². The fourth-order valence-electron chi connectivity index (χ4n) is 1.68. The molecule has 0 aromatic heterocycles. The summed E-state index contributed by atoms with van der Waals surface area (Å²) in [6, 6.07) is 4.41. The van der Waals surface area contributed by atoms with Crippen molar-refractivity contribution in [1.29, 1.82) is 0 Å². The minimum atomic E-state index is -4.40. The summed E-state index contributed by atoms with van der Waals surface area (Å²) in [5.41, 5.74) is 6.34. The van der Waals surface area contributed by atoms with Gasteiger partial charge in [-0.15, -0.1) is 0 Å². The summed E-state index contributed by atoms with van der Waals surface area (Å²) in [7, 11) is -2.84. The highest BCUT2D eigenvalue weighted by Crippen LogP contribution is 2.25. The van der Waals surface area contributed by atoms with Gasteiger partial charge in [-0.3, -0.25) is 0 Å². The molecule has 1 aromatic carbocycles. The Morgan fingerprint density at radius 1 is 1.30 bits per heavy atom. The molecule has 0 amide bonds. The molecule has 8 heteroatoms. The molecule has 0 unspecified atom stereocenters. The molecule has 20 heavy (non-hydrogen) atoms. The van der Waals surface area contributed by atoms with E-state index in [-0.39, 0.29) is 10.6 Å². The normalized spacial score (nSPS) is 12.9. The van der Waals surface area contributed by atoms with Gasteiger partial charge < -0.3 is 5.73 Å². The topological polar surface area (TPSA) is 63.4 Å². The number of benzene rings is 1. The van der Waals surface area contributed by atoms with Crippen LogP contribution in [0.15, 0.2) is 23.1 Å². The number of aryl methyl sites for hydroxylation is 1. The standard InChI is InChI=1S/C12H17F3N2O2S/c1-3-9-4-5-10(16)8-11(9)20(18,19)17(2)7-6-12(13,14)15/h4-5,8H,3,6-7,16H2,1-2H3. The van der Waals surface area contributed by atoms with Crippen molar-refractivity contribution in [1.82, 2.24) is 4.31 Å². The maximum absolute atomic E-state index is 12.3. The van der Waals surface area contributed by atoms with Gasteiger partial charge in [0, 0.05) is 19.3 Å². The van der Waals surface area contributed by atoms with E-state index in [2.05, 4.69) is 0 Å². The minimum absolute atomic E-state index is 0.0373. The largest absolute Gasteiger partial charge is 0.399 e. The summed E-state index contributed by atoms with van der Waals surface area (Å²) in [6.07, 6.45) is -5.14. The average Bonchev–Trinajstić information content (AvgIpc) is 2.34. The molecule has 4 nitrogen and oxygen atoms in total. The van der Waals surface area contributed by atoms with Crippen molar-refractivity contribution in [3.05, 3.63) is 23.8 Å². The van der Waals surface area contributed by atoms with Crippen LogP contribution < -0.4 is 5.73 Å². The fraction of sp³-hybridized carbons (Fsp3) is 0.500. The zero-order valence-corrected chi connectivity index (χ0v) is 12.1. The third kappa shape index (κ3) is 4.11. The molecule has 114 valence electrons. The highest BCUT2D eigenvalue weighted by atomic mass is 32.2. The zero-order valence-electron chi connectivity index (χ0n) is 11.2. The first-order valence-corrected chi connectivity index (χ1v) is 7.43. The molecule has 1 rings (SSSR count). The van der Waals surface area contributed by atoms with Crippen molar-refractivity contribution in [3.8, 4) is 0 Å². The summed E-state index contributed by atoms with van der Waals surface area (Å²) in [6.45, 7) is 1.14. The van der Waals surface area contributed by atoms with Gasteiger partial charge in [-0.2, -0.15) is 13.2 Å². The van der Waals surface area contributed by atoms with E-state index in [0.717, 1.165) is 7.05 Å².